The molecular weight excluding hydrogens is 373 g/mol. The highest BCUT2D eigenvalue weighted by molar-refractivity contribution is 7.92. The number of hydrogen-bond acceptors (Lipinski definition) is 4. The number of amides is 1. The Morgan fingerprint density at radius 3 is 2.42 bits per heavy atom. The van der Waals surface area contributed by atoms with Crippen LogP contribution in [0.4, 0.5) is 5.69 Å². The molecule has 1 rings (SSSR count). The van der Waals surface area contributed by atoms with Crippen molar-refractivity contribution < 1.29 is 13.2 Å². The van der Waals surface area contributed by atoms with Crippen molar-refractivity contribution in [3.8, 4) is 0 Å². The summed E-state index contributed by atoms with van der Waals surface area (Å²) in [5.41, 5.74) is 0.309. The first-order valence-corrected chi connectivity index (χ1v) is 10.1. The van der Waals surface area contributed by atoms with E-state index in [1.807, 2.05) is 19.0 Å². The van der Waals surface area contributed by atoms with Crippen LogP contribution >= 0.6 is 23.2 Å². The van der Waals surface area contributed by atoms with E-state index < -0.39 is 10.0 Å². The Hall–Kier alpha value is -1.02. The molecule has 1 N–H and O–H groups in total. The van der Waals surface area contributed by atoms with Crippen molar-refractivity contribution in [3.05, 3.63) is 28.2 Å². The standard InChI is InChI=1S/C15H23Cl2N3O3S/c1-19(2)9-4-8-18-15(21)7-10-20(24(3,22)23)14-6-5-12(16)11-13(14)17/h5-6,11H,4,7-10H2,1-3H3,(H,18,21). The molecule has 1 amide bonds. The van der Waals surface area contributed by atoms with Gasteiger partial charge in [-0.15, -0.1) is 0 Å². The summed E-state index contributed by atoms with van der Waals surface area (Å²) < 4.78 is 25.1. The second kappa shape index (κ2) is 9.46. The van der Waals surface area contributed by atoms with Crippen LogP contribution in [-0.4, -0.2) is 59.2 Å². The van der Waals surface area contributed by atoms with E-state index >= 15 is 0 Å². The van der Waals surface area contributed by atoms with E-state index in [0.717, 1.165) is 23.5 Å². The molecule has 0 bridgehead atoms. The van der Waals surface area contributed by atoms with Crippen LogP contribution < -0.4 is 9.62 Å². The molecule has 6 nitrogen and oxygen atoms in total. The lowest BCUT2D eigenvalue weighted by Gasteiger charge is -2.23. The third-order valence-corrected chi connectivity index (χ3v) is 4.94. The average Bonchev–Trinajstić information content (AvgIpc) is 2.44. The number of rotatable bonds is 9. The van der Waals surface area contributed by atoms with Gasteiger partial charge in [0, 0.05) is 24.5 Å². The molecular formula is C15H23Cl2N3O3S. The molecule has 0 spiro atoms. The number of carbonyl (C=O) groups excluding carboxylic acids is 1. The van der Waals surface area contributed by atoms with Crippen LogP contribution in [0.25, 0.3) is 0 Å². The molecule has 0 aliphatic heterocycles. The van der Waals surface area contributed by atoms with Gasteiger partial charge in [0.15, 0.2) is 0 Å². The van der Waals surface area contributed by atoms with Crippen molar-refractivity contribution >= 4 is 44.8 Å². The van der Waals surface area contributed by atoms with Gasteiger partial charge in [-0.3, -0.25) is 9.10 Å². The summed E-state index contributed by atoms with van der Waals surface area (Å²) in [6.07, 6.45) is 1.96. The second-order valence-corrected chi connectivity index (χ2v) is 8.44. The third kappa shape index (κ3) is 7.25. The van der Waals surface area contributed by atoms with Gasteiger partial charge < -0.3 is 10.2 Å². The first kappa shape index (κ1) is 21.0. The topological polar surface area (TPSA) is 69.7 Å². The molecule has 1 aromatic rings. The Morgan fingerprint density at radius 1 is 1.21 bits per heavy atom. The number of sulfonamides is 1. The normalized spacial score (nSPS) is 11.6. The molecule has 0 radical (unpaired) electrons. The lowest BCUT2D eigenvalue weighted by molar-refractivity contribution is -0.120. The maximum Gasteiger partial charge on any atom is 0.232 e. The zero-order chi connectivity index (χ0) is 18.3. The van der Waals surface area contributed by atoms with Crippen LogP contribution in [0.1, 0.15) is 12.8 Å². The first-order valence-electron chi connectivity index (χ1n) is 7.45. The predicted octanol–water partition coefficient (Wildman–Crippen LogP) is 2.22. The van der Waals surface area contributed by atoms with E-state index in [0.29, 0.717) is 17.3 Å². The van der Waals surface area contributed by atoms with Gasteiger partial charge in [0.1, 0.15) is 0 Å². The summed E-state index contributed by atoms with van der Waals surface area (Å²) >= 11 is 11.9. The molecule has 0 saturated heterocycles. The number of carbonyl (C=O) groups is 1. The Balaban J connectivity index is 2.67. The van der Waals surface area contributed by atoms with Crippen LogP contribution in [0.3, 0.4) is 0 Å². The fourth-order valence-corrected chi connectivity index (χ4v) is 3.56. The molecule has 0 aliphatic carbocycles. The SMILES string of the molecule is CN(C)CCCNC(=O)CCN(c1ccc(Cl)cc1Cl)S(C)(=O)=O. The van der Waals surface area contributed by atoms with Crippen LogP contribution in [0, 0.1) is 0 Å². The zero-order valence-corrected chi connectivity index (χ0v) is 16.4. The average molecular weight is 396 g/mol. The lowest BCUT2D eigenvalue weighted by atomic mass is 10.3. The Kier molecular flexibility index (Phi) is 8.29. The van der Waals surface area contributed by atoms with Gasteiger partial charge in [0.05, 0.1) is 17.0 Å². The van der Waals surface area contributed by atoms with E-state index in [1.165, 1.54) is 12.1 Å². The van der Waals surface area contributed by atoms with Crippen LogP contribution in [-0.2, 0) is 14.8 Å². The molecule has 24 heavy (non-hydrogen) atoms. The molecule has 0 aliphatic rings. The van der Waals surface area contributed by atoms with Crippen molar-refractivity contribution in [2.75, 3.05) is 44.3 Å². The van der Waals surface area contributed by atoms with E-state index in [2.05, 4.69) is 5.32 Å². The van der Waals surface area contributed by atoms with Gasteiger partial charge >= 0.3 is 0 Å². The fraction of sp³-hybridized carbons (Fsp3) is 0.533. The van der Waals surface area contributed by atoms with Gasteiger partial charge in [0.25, 0.3) is 0 Å². The number of anilines is 1. The molecule has 0 atom stereocenters. The molecule has 136 valence electrons. The van der Waals surface area contributed by atoms with Crippen LogP contribution in [0.2, 0.25) is 10.0 Å². The summed E-state index contributed by atoms with van der Waals surface area (Å²) in [4.78, 5) is 13.9. The molecule has 0 heterocycles. The summed E-state index contributed by atoms with van der Waals surface area (Å²) in [5.74, 6) is -0.201. The third-order valence-electron chi connectivity index (χ3n) is 3.22. The van der Waals surface area contributed by atoms with Crippen molar-refractivity contribution in [3.63, 3.8) is 0 Å². The molecule has 0 aromatic heterocycles. The van der Waals surface area contributed by atoms with Crippen LogP contribution in [0.15, 0.2) is 18.2 Å². The number of halogens is 2. The van der Waals surface area contributed by atoms with E-state index in [-0.39, 0.29) is 23.9 Å². The van der Waals surface area contributed by atoms with E-state index in [1.54, 1.807) is 6.07 Å². The predicted molar refractivity (Wildman–Crippen MR) is 99.4 cm³/mol. The van der Waals surface area contributed by atoms with E-state index in [4.69, 9.17) is 23.2 Å². The summed E-state index contributed by atoms with van der Waals surface area (Å²) in [6.45, 7) is 1.44. The Bertz CT molecular complexity index is 666. The van der Waals surface area contributed by atoms with E-state index in [9.17, 15) is 13.2 Å². The fourth-order valence-electron chi connectivity index (χ4n) is 2.06. The minimum absolute atomic E-state index is 0.0136. The number of nitrogens with zero attached hydrogens (tertiary/aromatic N) is 2. The molecule has 0 saturated carbocycles. The van der Waals surface area contributed by atoms with Gasteiger partial charge in [0.2, 0.25) is 15.9 Å². The maximum absolute atomic E-state index is 12.0. The number of benzene rings is 1. The van der Waals surface area contributed by atoms with Crippen molar-refractivity contribution in [1.82, 2.24) is 10.2 Å². The smallest absolute Gasteiger partial charge is 0.232 e. The second-order valence-electron chi connectivity index (χ2n) is 5.69. The Labute approximate surface area is 153 Å². The van der Waals surface area contributed by atoms with Crippen molar-refractivity contribution in [2.45, 2.75) is 12.8 Å². The largest absolute Gasteiger partial charge is 0.356 e. The summed E-state index contributed by atoms with van der Waals surface area (Å²) in [6, 6.07) is 4.56. The minimum Gasteiger partial charge on any atom is -0.356 e. The molecule has 9 heteroatoms. The lowest BCUT2D eigenvalue weighted by Crippen LogP contribution is -2.35. The molecule has 1 aromatic carbocycles. The summed E-state index contributed by atoms with van der Waals surface area (Å²) in [7, 11) is 0.354. The highest BCUT2D eigenvalue weighted by Crippen LogP contribution is 2.30. The van der Waals surface area contributed by atoms with Gasteiger partial charge in [-0.2, -0.15) is 0 Å². The van der Waals surface area contributed by atoms with Gasteiger partial charge in [-0.05, 0) is 45.3 Å². The van der Waals surface area contributed by atoms with Crippen molar-refractivity contribution in [2.24, 2.45) is 0 Å². The number of nitrogens with one attached hydrogen (secondary N) is 1. The highest BCUT2D eigenvalue weighted by Gasteiger charge is 2.21. The van der Waals surface area contributed by atoms with Crippen molar-refractivity contribution in [1.29, 1.82) is 0 Å². The van der Waals surface area contributed by atoms with Gasteiger partial charge in [-0.1, -0.05) is 23.2 Å². The van der Waals surface area contributed by atoms with Gasteiger partial charge in [-0.25, -0.2) is 8.42 Å². The number of hydrogen-bond donors (Lipinski definition) is 1. The monoisotopic (exact) mass is 395 g/mol. The zero-order valence-electron chi connectivity index (χ0n) is 14.1. The first-order chi connectivity index (χ1) is 11.1. The Morgan fingerprint density at radius 2 is 1.88 bits per heavy atom. The quantitative estimate of drug-likeness (QED) is 0.650. The summed E-state index contributed by atoms with van der Waals surface area (Å²) in [5, 5.41) is 3.41. The minimum atomic E-state index is -3.57. The maximum atomic E-state index is 12.0. The molecule has 0 fully saturated rings. The highest BCUT2D eigenvalue weighted by atomic mass is 35.5. The molecule has 0 unspecified atom stereocenters. The van der Waals surface area contributed by atoms with Crippen LogP contribution in [0.5, 0.6) is 0 Å².